The maximum atomic E-state index is 2.41. The second-order valence-electron chi connectivity index (χ2n) is 8.15. The minimum absolute atomic E-state index is 1.19. The second-order valence-corrected chi connectivity index (χ2v) is 8.15. The Kier molecular flexibility index (Phi) is 15.7. The summed E-state index contributed by atoms with van der Waals surface area (Å²) in [7, 11) is 0. The minimum Gasteiger partial charge on any atom is -0.205 e. The molecule has 26 heavy (non-hydrogen) atoms. The summed E-state index contributed by atoms with van der Waals surface area (Å²) in [5.41, 5.74) is 1.53. The molecule has 0 atom stereocenters. The summed E-state index contributed by atoms with van der Waals surface area (Å²) in [4.78, 5) is 0. The fraction of sp³-hybridized carbons (Fsp3) is 0.800. The lowest BCUT2D eigenvalue weighted by molar-refractivity contribution is -0.697. The SMILES string of the molecule is CCCCCCCCCCCc1ccc[n+](CCCCCCCCC)c1. The highest BCUT2D eigenvalue weighted by atomic mass is 14.9. The summed E-state index contributed by atoms with van der Waals surface area (Å²) < 4.78 is 2.41. The van der Waals surface area contributed by atoms with Gasteiger partial charge in [-0.05, 0) is 25.3 Å². The molecule has 0 spiro atoms. The minimum atomic E-state index is 1.19. The Hall–Kier alpha value is -0.850. The normalized spacial score (nSPS) is 11.2. The summed E-state index contributed by atoms with van der Waals surface area (Å²) in [6.45, 7) is 5.78. The molecular weight excluding hydrogens is 314 g/mol. The third-order valence-electron chi connectivity index (χ3n) is 5.51. The maximum Gasteiger partial charge on any atom is 0.171 e. The maximum absolute atomic E-state index is 2.41. The van der Waals surface area contributed by atoms with Crippen molar-refractivity contribution >= 4 is 0 Å². The Morgan fingerprint density at radius 1 is 0.615 bits per heavy atom. The van der Waals surface area contributed by atoms with Crippen LogP contribution in [0, 0.1) is 0 Å². The van der Waals surface area contributed by atoms with E-state index < -0.39 is 0 Å². The average Bonchev–Trinajstić information content (AvgIpc) is 2.66. The van der Waals surface area contributed by atoms with Gasteiger partial charge in [-0.25, -0.2) is 4.57 Å². The number of hydrogen-bond donors (Lipinski definition) is 0. The highest BCUT2D eigenvalue weighted by molar-refractivity contribution is 5.05. The summed E-state index contributed by atoms with van der Waals surface area (Å²) in [5.74, 6) is 0. The van der Waals surface area contributed by atoms with E-state index in [4.69, 9.17) is 0 Å². The van der Waals surface area contributed by atoms with Crippen LogP contribution in [0.1, 0.15) is 122 Å². The van der Waals surface area contributed by atoms with Crippen LogP contribution in [-0.2, 0) is 13.0 Å². The largest absolute Gasteiger partial charge is 0.205 e. The molecule has 1 aromatic rings. The molecule has 1 nitrogen and oxygen atoms in total. The number of aromatic nitrogens is 1. The number of rotatable bonds is 18. The quantitative estimate of drug-likeness (QED) is 0.186. The zero-order valence-electron chi connectivity index (χ0n) is 18.0. The van der Waals surface area contributed by atoms with Crippen molar-refractivity contribution in [2.75, 3.05) is 0 Å². The molecule has 0 radical (unpaired) electrons. The van der Waals surface area contributed by atoms with E-state index in [0.717, 1.165) is 0 Å². The van der Waals surface area contributed by atoms with Gasteiger partial charge in [0.05, 0.1) is 0 Å². The van der Waals surface area contributed by atoms with Crippen LogP contribution in [-0.4, -0.2) is 0 Å². The number of unbranched alkanes of at least 4 members (excludes halogenated alkanes) is 14. The first-order valence-electron chi connectivity index (χ1n) is 11.8. The fourth-order valence-electron chi connectivity index (χ4n) is 3.75. The molecule has 0 saturated heterocycles. The summed E-state index contributed by atoms with van der Waals surface area (Å²) >= 11 is 0. The molecule has 0 fully saturated rings. The smallest absolute Gasteiger partial charge is 0.171 e. The van der Waals surface area contributed by atoms with Gasteiger partial charge < -0.3 is 0 Å². The Bertz CT molecular complexity index is 412. The van der Waals surface area contributed by atoms with Gasteiger partial charge in [0.1, 0.15) is 6.54 Å². The summed E-state index contributed by atoms with van der Waals surface area (Å²) in [6.07, 6.45) is 28.4. The Labute approximate surface area is 164 Å². The van der Waals surface area contributed by atoms with Gasteiger partial charge in [-0.1, -0.05) is 97.3 Å². The number of hydrogen-bond acceptors (Lipinski definition) is 0. The van der Waals surface area contributed by atoms with Crippen LogP contribution in [0.15, 0.2) is 24.5 Å². The molecule has 0 unspecified atom stereocenters. The molecule has 0 aromatic carbocycles. The zero-order chi connectivity index (χ0) is 18.7. The second kappa shape index (κ2) is 17.6. The third kappa shape index (κ3) is 13.4. The lowest BCUT2D eigenvalue weighted by Crippen LogP contribution is -2.33. The lowest BCUT2D eigenvalue weighted by atomic mass is 10.0. The monoisotopic (exact) mass is 360 g/mol. The Morgan fingerprint density at radius 3 is 1.69 bits per heavy atom. The number of pyridine rings is 1. The van der Waals surface area contributed by atoms with Crippen molar-refractivity contribution in [2.45, 2.75) is 130 Å². The molecule has 0 aliphatic carbocycles. The van der Waals surface area contributed by atoms with Crippen LogP contribution >= 0.6 is 0 Å². The van der Waals surface area contributed by atoms with E-state index in [1.807, 2.05) is 0 Å². The van der Waals surface area contributed by atoms with Crippen molar-refractivity contribution in [2.24, 2.45) is 0 Å². The standard InChI is InChI=1S/C25H46N/c1-3-5-7-9-11-12-13-15-17-20-25-21-19-23-26(24-25)22-18-16-14-10-8-6-4-2/h19,21,23-24H,3-18,20,22H2,1-2H3/q+1. The molecule has 0 aliphatic heterocycles. The van der Waals surface area contributed by atoms with E-state index in [2.05, 4.69) is 42.9 Å². The van der Waals surface area contributed by atoms with E-state index in [1.165, 1.54) is 121 Å². The molecule has 0 aliphatic rings. The molecule has 150 valence electrons. The van der Waals surface area contributed by atoms with Crippen molar-refractivity contribution < 1.29 is 4.57 Å². The van der Waals surface area contributed by atoms with Gasteiger partial charge in [0.25, 0.3) is 0 Å². The van der Waals surface area contributed by atoms with Crippen LogP contribution in [0.25, 0.3) is 0 Å². The molecule has 0 amide bonds. The van der Waals surface area contributed by atoms with E-state index in [1.54, 1.807) is 0 Å². The predicted molar refractivity (Wildman–Crippen MR) is 116 cm³/mol. The van der Waals surface area contributed by atoms with Crippen LogP contribution in [0.5, 0.6) is 0 Å². The van der Waals surface area contributed by atoms with E-state index in [9.17, 15) is 0 Å². The van der Waals surface area contributed by atoms with E-state index in [-0.39, 0.29) is 0 Å². The summed E-state index contributed by atoms with van der Waals surface area (Å²) in [5, 5.41) is 0. The van der Waals surface area contributed by atoms with Crippen molar-refractivity contribution in [3.8, 4) is 0 Å². The Balaban J connectivity index is 2.03. The number of nitrogens with zero attached hydrogens (tertiary/aromatic N) is 1. The lowest BCUT2D eigenvalue weighted by Gasteiger charge is -2.03. The molecule has 1 aromatic heterocycles. The molecule has 1 heterocycles. The molecular formula is C25H46N+. The highest BCUT2D eigenvalue weighted by Crippen LogP contribution is 2.11. The summed E-state index contributed by atoms with van der Waals surface area (Å²) in [6, 6.07) is 4.55. The van der Waals surface area contributed by atoms with Crippen LogP contribution < -0.4 is 4.57 Å². The van der Waals surface area contributed by atoms with Crippen LogP contribution in [0.2, 0.25) is 0 Å². The van der Waals surface area contributed by atoms with Gasteiger partial charge in [0.2, 0.25) is 0 Å². The number of aryl methyl sites for hydroxylation is 2. The van der Waals surface area contributed by atoms with Gasteiger partial charge in [-0.15, -0.1) is 0 Å². The molecule has 1 rings (SSSR count). The topological polar surface area (TPSA) is 3.88 Å². The van der Waals surface area contributed by atoms with Crippen LogP contribution in [0.4, 0.5) is 0 Å². The van der Waals surface area contributed by atoms with Gasteiger partial charge in [-0.3, -0.25) is 0 Å². The van der Waals surface area contributed by atoms with Crippen molar-refractivity contribution in [1.82, 2.24) is 0 Å². The first kappa shape index (κ1) is 23.2. The van der Waals surface area contributed by atoms with Crippen LogP contribution in [0.3, 0.4) is 0 Å². The molecule has 1 heteroatoms. The Morgan fingerprint density at radius 2 is 1.12 bits per heavy atom. The van der Waals surface area contributed by atoms with E-state index in [0.29, 0.717) is 0 Å². The molecule has 0 bridgehead atoms. The average molecular weight is 361 g/mol. The first-order valence-corrected chi connectivity index (χ1v) is 11.8. The third-order valence-corrected chi connectivity index (χ3v) is 5.51. The van der Waals surface area contributed by atoms with Gasteiger partial charge in [-0.2, -0.15) is 0 Å². The van der Waals surface area contributed by atoms with E-state index >= 15 is 0 Å². The van der Waals surface area contributed by atoms with Crippen molar-refractivity contribution in [3.63, 3.8) is 0 Å². The zero-order valence-corrected chi connectivity index (χ0v) is 18.0. The molecule has 0 N–H and O–H groups in total. The van der Waals surface area contributed by atoms with Gasteiger partial charge >= 0.3 is 0 Å². The molecule has 0 saturated carbocycles. The fourth-order valence-corrected chi connectivity index (χ4v) is 3.75. The van der Waals surface area contributed by atoms with Gasteiger partial charge in [0, 0.05) is 18.1 Å². The predicted octanol–water partition coefficient (Wildman–Crippen LogP) is 7.80. The van der Waals surface area contributed by atoms with Crippen molar-refractivity contribution in [1.29, 1.82) is 0 Å². The first-order chi connectivity index (χ1) is 12.9. The van der Waals surface area contributed by atoms with Gasteiger partial charge in [0.15, 0.2) is 12.4 Å². The van der Waals surface area contributed by atoms with Crippen molar-refractivity contribution in [3.05, 3.63) is 30.1 Å². The highest BCUT2D eigenvalue weighted by Gasteiger charge is 2.03.